The topological polar surface area (TPSA) is 58.6 Å². The fourth-order valence-corrected chi connectivity index (χ4v) is 3.43. The second-order valence-corrected chi connectivity index (χ2v) is 8.58. The van der Waals surface area contributed by atoms with Gasteiger partial charge in [-0.2, -0.15) is 0 Å². The summed E-state index contributed by atoms with van der Waals surface area (Å²) in [6.07, 6.45) is -0.118. The minimum absolute atomic E-state index is 0.00772. The van der Waals surface area contributed by atoms with Gasteiger partial charge < -0.3 is 10.1 Å². The number of rotatable bonds is 6. The predicted octanol–water partition coefficient (Wildman–Crippen LogP) is 3.18. The van der Waals surface area contributed by atoms with Crippen molar-refractivity contribution < 1.29 is 14.3 Å². The minimum Gasteiger partial charge on any atom is -0.374 e. The van der Waals surface area contributed by atoms with Crippen LogP contribution in [0, 0.1) is 0 Å². The Hall–Kier alpha value is -2.50. The fourth-order valence-electron chi connectivity index (χ4n) is 3.43. The van der Waals surface area contributed by atoms with Crippen molar-refractivity contribution in [1.82, 2.24) is 10.2 Å². The molecule has 1 N–H and O–H groups in total. The van der Waals surface area contributed by atoms with Crippen LogP contribution in [0.2, 0.25) is 0 Å². The number of carbonyl (C=O) groups is 2. The molecular formula is C24H30N2O3. The average Bonchev–Trinajstić information content (AvgIpc) is 2.72. The van der Waals surface area contributed by atoms with Gasteiger partial charge in [0.1, 0.15) is 0 Å². The normalized spacial score (nSPS) is 17.7. The molecule has 0 saturated carbocycles. The van der Waals surface area contributed by atoms with E-state index < -0.39 is 11.7 Å². The second-order valence-electron chi connectivity index (χ2n) is 8.58. The van der Waals surface area contributed by atoms with Gasteiger partial charge in [-0.1, -0.05) is 75.4 Å². The van der Waals surface area contributed by atoms with Crippen molar-refractivity contribution >= 4 is 11.7 Å². The number of ether oxygens (including phenoxy) is 1. The Morgan fingerprint density at radius 2 is 1.76 bits per heavy atom. The zero-order valence-electron chi connectivity index (χ0n) is 17.5. The second kappa shape index (κ2) is 9.33. The van der Waals surface area contributed by atoms with Crippen LogP contribution < -0.4 is 5.32 Å². The van der Waals surface area contributed by atoms with E-state index in [0.29, 0.717) is 18.7 Å². The largest absolute Gasteiger partial charge is 0.374 e. The van der Waals surface area contributed by atoms with Crippen LogP contribution in [0.3, 0.4) is 0 Å². The lowest BCUT2D eigenvalue weighted by Crippen LogP contribution is -2.48. The van der Waals surface area contributed by atoms with E-state index in [4.69, 9.17) is 4.74 Å². The third-order valence-corrected chi connectivity index (χ3v) is 5.18. The summed E-state index contributed by atoms with van der Waals surface area (Å²) in [6, 6.07) is 17.6. The molecule has 0 aromatic heterocycles. The lowest BCUT2D eigenvalue weighted by molar-refractivity contribution is -0.118. The molecule has 1 aliphatic rings. The van der Waals surface area contributed by atoms with E-state index in [2.05, 4.69) is 43.1 Å². The van der Waals surface area contributed by atoms with Gasteiger partial charge in [-0.25, -0.2) is 0 Å². The fraction of sp³-hybridized carbons (Fsp3) is 0.417. The first kappa shape index (κ1) is 21.2. The Morgan fingerprint density at radius 3 is 2.41 bits per heavy atom. The van der Waals surface area contributed by atoms with Gasteiger partial charge in [0.2, 0.25) is 5.78 Å². The Bertz CT molecular complexity index is 825. The summed E-state index contributed by atoms with van der Waals surface area (Å²) >= 11 is 0. The first-order valence-corrected chi connectivity index (χ1v) is 10.1. The Labute approximate surface area is 173 Å². The molecule has 1 unspecified atom stereocenters. The molecule has 1 heterocycles. The van der Waals surface area contributed by atoms with E-state index >= 15 is 0 Å². The summed E-state index contributed by atoms with van der Waals surface area (Å²) in [5.74, 6) is -1.10. The maximum absolute atomic E-state index is 12.4. The van der Waals surface area contributed by atoms with E-state index in [1.54, 1.807) is 12.1 Å². The number of nitrogens with zero attached hydrogens (tertiary/aromatic N) is 1. The summed E-state index contributed by atoms with van der Waals surface area (Å²) in [7, 11) is 0. The standard InChI is InChI=1S/C24H30N2O3/c1-24(2,3)20-11-9-19(10-12-20)22(27)23(28)25-15-21-17-26(13-14-29-21)16-18-7-5-4-6-8-18/h4-12,21H,13-17H2,1-3H3,(H,25,28). The van der Waals surface area contributed by atoms with Gasteiger partial charge in [0, 0.05) is 31.7 Å². The molecule has 1 saturated heterocycles. The van der Waals surface area contributed by atoms with Crippen LogP contribution in [-0.4, -0.2) is 48.9 Å². The highest BCUT2D eigenvalue weighted by Gasteiger charge is 2.23. The summed E-state index contributed by atoms with van der Waals surface area (Å²) in [4.78, 5) is 27.0. The number of ketones is 1. The number of amides is 1. The van der Waals surface area contributed by atoms with Crippen molar-refractivity contribution in [2.45, 2.75) is 38.8 Å². The van der Waals surface area contributed by atoms with Crippen LogP contribution in [0.25, 0.3) is 0 Å². The van der Waals surface area contributed by atoms with Gasteiger partial charge in [0.15, 0.2) is 0 Å². The number of benzene rings is 2. The molecule has 0 aliphatic carbocycles. The maximum atomic E-state index is 12.4. The minimum atomic E-state index is -0.586. The Balaban J connectivity index is 1.50. The first-order chi connectivity index (χ1) is 13.8. The molecule has 2 aromatic rings. The third-order valence-electron chi connectivity index (χ3n) is 5.18. The van der Waals surface area contributed by atoms with Gasteiger partial charge in [0.25, 0.3) is 5.91 Å². The maximum Gasteiger partial charge on any atom is 0.292 e. The SMILES string of the molecule is CC(C)(C)c1ccc(C(=O)C(=O)NCC2CN(Cc3ccccc3)CCO2)cc1. The highest BCUT2D eigenvalue weighted by Crippen LogP contribution is 2.22. The molecule has 29 heavy (non-hydrogen) atoms. The summed E-state index contributed by atoms with van der Waals surface area (Å²) in [6.45, 7) is 9.73. The summed E-state index contributed by atoms with van der Waals surface area (Å²) in [5, 5.41) is 2.74. The van der Waals surface area contributed by atoms with Crippen LogP contribution in [-0.2, 0) is 21.5 Å². The molecule has 5 nitrogen and oxygen atoms in total. The number of hydrogen-bond acceptors (Lipinski definition) is 4. The number of carbonyl (C=O) groups excluding carboxylic acids is 2. The quantitative estimate of drug-likeness (QED) is 0.604. The van der Waals surface area contributed by atoms with E-state index in [0.717, 1.165) is 25.2 Å². The van der Waals surface area contributed by atoms with Crippen molar-refractivity contribution in [3.8, 4) is 0 Å². The average molecular weight is 395 g/mol. The van der Waals surface area contributed by atoms with Crippen LogP contribution >= 0.6 is 0 Å². The van der Waals surface area contributed by atoms with Gasteiger partial charge in [-0.15, -0.1) is 0 Å². The van der Waals surface area contributed by atoms with E-state index in [9.17, 15) is 9.59 Å². The molecule has 1 aliphatic heterocycles. The molecule has 154 valence electrons. The summed E-state index contributed by atoms with van der Waals surface area (Å²) < 4.78 is 5.77. The predicted molar refractivity (Wildman–Crippen MR) is 114 cm³/mol. The van der Waals surface area contributed by atoms with Gasteiger partial charge >= 0.3 is 0 Å². The monoisotopic (exact) mass is 394 g/mol. The van der Waals surface area contributed by atoms with Gasteiger partial charge in [-0.05, 0) is 16.5 Å². The molecule has 1 amide bonds. The van der Waals surface area contributed by atoms with Crippen molar-refractivity contribution in [2.24, 2.45) is 0 Å². The van der Waals surface area contributed by atoms with E-state index in [1.807, 2.05) is 30.3 Å². The van der Waals surface area contributed by atoms with Crippen molar-refractivity contribution in [2.75, 3.05) is 26.2 Å². The Kier molecular flexibility index (Phi) is 6.83. The molecular weight excluding hydrogens is 364 g/mol. The van der Waals surface area contributed by atoms with Crippen molar-refractivity contribution in [1.29, 1.82) is 0 Å². The zero-order valence-corrected chi connectivity index (χ0v) is 17.5. The molecule has 0 bridgehead atoms. The Morgan fingerprint density at radius 1 is 1.07 bits per heavy atom. The first-order valence-electron chi connectivity index (χ1n) is 10.1. The smallest absolute Gasteiger partial charge is 0.292 e. The molecule has 0 spiro atoms. The molecule has 5 heteroatoms. The van der Waals surface area contributed by atoms with Crippen LogP contribution in [0.5, 0.6) is 0 Å². The highest BCUT2D eigenvalue weighted by molar-refractivity contribution is 6.42. The molecule has 2 aromatic carbocycles. The zero-order chi connectivity index (χ0) is 20.9. The van der Waals surface area contributed by atoms with Gasteiger partial charge in [-0.3, -0.25) is 14.5 Å². The molecule has 3 rings (SSSR count). The molecule has 1 fully saturated rings. The number of morpholine rings is 1. The van der Waals surface area contributed by atoms with Crippen LogP contribution in [0.1, 0.15) is 42.3 Å². The van der Waals surface area contributed by atoms with E-state index in [-0.39, 0.29) is 11.5 Å². The number of Topliss-reactive ketones (excluding diaryl/α,β-unsaturated/α-hetero) is 1. The number of nitrogens with one attached hydrogen (secondary N) is 1. The van der Waals surface area contributed by atoms with Crippen molar-refractivity contribution in [3.05, 3.63) is 71.3 Å². The lowest BCUT2D eigenvalue weighted by atomic mass is 9.86. The molecule has 1 atom stereocenters. The van der Waals surface area contributed by atoms with Crippen LogP contribution in [0.4, 0.5) is 0 Å². The van der Waals surface area contributed by atoms with E-state index in [1.165, 1.54) is 5.56 Å². The summed E-state index contributed by atoms with van der Waals surface area (Å²) in [5.41, 5.74) is 2.80. The molecule has 0 radical (unpaired) electrons. The van der Waals surface area contributed by atoms with Gasteiger partial charge in [0.05, 0.1) is 12.7 Å². The lowest BCUT2D eigenvalue weighted by Gasteiger charge is -2.33. The number of hydrogen-bond donors (Lipinski definition) is 1. The van der Waals surface area contributed by atoms with Crippen LogP contribution in [0.15, 0.2) is 54.6 Å². The van der Waals surface area contributed by atoms with Crippen molar-refractivity contribution in [3.63, 3.8) is 0 Å². The third kappa shape index (κ3) is 5.99. The highest BCUT2D eigenvalue weighted by atomic mass is 16.5.